The minimum Gasteiger partial charge on any atom is -0.350 e. The van der Waals surface area contributed by atoms with Crippen molar-refractivity contribution < 1.29 is 4.79 Å². The molecule has 0 fully saturated rings. The number of carbonyl (C=O) groups excluding carboxylic acids is 1. The number of rotatable bonds is 4. The highest BCUT2D eigenvalue weighted by Crippen LogP contribution is 2.16. The lowest BCUT2D eigenvalue weighted by Crippen LogP contribution is -2.26. The predicted octanol–water partition coefficient (Wildman–Crippen LogP) is 3.43. The van der Waals surface area contributed by atoms with Crippen LogP contribution in [0.1, 0.15) is 38.3 Å². The number of benzene rings is 1. The first-order chi connectivity index (χ1) is 7.13. The maximum absolute atomic E-state index is 11.4. The molecule has 1 aromatic rings. The largest absolute Gasteiger partial charge is 0.350 e. The zero-order valence-electron chi connectivity index (χ0n) is 9.09. The van der Waals surface area contributed by atoms with Crippen molar-refractivity contribution in [2.75, 3.05) is 0 Å². The van der Waals surface area contributed by atoms with Crippen molar-refractivity contribution in [3.63, 3.8) is 0 Å². The lowest BCUT2D eigenvalue weighted by atomic mass is 10.1. The van der Waals surface area contributed by atoms with Crippen molar-refractivity contribution in [1.82, 2.24) is 5.32 Å². The van der Waals surface area contributed by atoms with Gasteiger partial charge in [-0.2, -0.15) is 0 Å². The zero-order valence-corrected chi connectivity index (χ0v) is 10.7. The van der Waals surface area contributed by atoms with E-state index in [4.69, 9.17) is 0 Å². The van der Waals surface area contributed by atoms with Gasteiger partial charge in [-0.15, -0.1) is 0 Å². The second-order valence-corrected chi connectivity index (χ2v) is 4.51. The van der Waals surface area contributed by atoms with Crippen LogP contribution >= 0.6 is 15.9 Å². The SMILES string of the molecule is CCCC(=O)NC(C)c1ccc(Br)cc1. The van der Waals surface area contributed by atoms with E-state index in [9.17, 15) is 4.79 Å². The molecule has 0 aliphatic carbocycles. The summed E-state index contributed by atoms with van der Waals surface area (Å²) in [6.45, 7) is 4.00. The van der Waals surface area contributed by atoms with E-state index < -0.39 is 0 Å². The molecule has 0 saturated carbocycles. The van der Waals surface area contributed by atoms with Gasteiger partial charge in [0.1, 0.15) is 0 Å². The van der Waals surface area contributed by atoms with Crippen LogP contribution < -0.4 is 5.32 Å². The third-order valence-corrected chi connectivity index (χ3v) is 2.75. The summed E-state index contributed by atoms with van der Waals surface area (Å²) in [4.78, 5) is 11.4. The topological polar surface area (TPSA) is 29.1 Å². The molecule has 3 heteroatoms. The smallest absolute Gasteiger partial charge is 0.220 e. The lowest BCUT2D eigenvalue weighted by molar-refractivity contribution is -0.121. The fourth-order valence-electron chi connectivity index (χ4n) is 1.38. The van der Waals surface area contributed by atoms with Crippen molar-refractivity contribution >= 4 is 21.8 Å². The van der Waals surface area contributed by atoms with E-state index in [1.807, 2.05) is 38.1 Å². The first-order valence-electron chi connectivity index (χ1n) is 5.18. The van der Waals surface area contributed by atoms with Crippen molar-refractivity contribution in [1.29, 1.82) is 0 Å². The van der Waals surface area contributed by atoms with Crippen molar-refractivity contribution in [2.24, 2.45) is 0 Å². The minimum absolute atomic E-state index is 0.0807. The lowest BCUT2D eigenvalue weighted by Gasteiger charge is -2.14. The number of amides is 1. The summed E-state index contributed by atoms with van der Waals surface area (Å²) in [6.07, 6.45) is 1.49. The fourth-order valence-corrected chi connectivity index (χ4v) is 1.64. The number of nitrogens with one attached hydrogen (secondary N) is 1. The van der Waals surface area contributed by atoms with Crippen LogP contribution in [0.5, 0.6) is 0 Å². The Hall–Kier alpha value is -0.830. The maximum Gasteiger partial charge on any atom is 0.220 e. The summed E-state index contributed by atoms with van der Waals surface area (Å²) >= 11 is 3.38. The van der Waals surface area contributed by atoms with E-state index in [1.54, 1.807) is 0 Å². The Kier molecular flexibility index (Phi) is 4.82. The van der Waals surface area contributed by atoms with Gasteiger partial charge in [0.15, 0.2) is 0 Å². The molecule has 82 valence electrons. The second-order valence-electron chi connectivity index (χ2n) is 3.59. The van der Waals surface area contributed by atoms with Crippen LogP contribution in [-0.2, 0) is 4.79 Å². The highest BCUT2D eigenvalue weighted by Gasteiger charge is 2.07. The standard InChI is InChI=1S/C12H16BrNO/c1-3-4-12(15)14-9(2)10-5-7-11(13)8-6-10/h5-9H,3-4H2,1-2H3,(H,14,15). The first kappa shape index (κ1) is 12.2. The molecule has 1 amide bonds. The molecule has 2 nitrogen and oxygen atoms in total. The van der Waals surface area contributed by atoms with E-state index in [2.05, 4.69) is 21.2 Å². The molecule has 1 N–H and O–H groups in total. The highest BCUT2D eigenvalue weighted by atomic mass is 79.9. The van der Waals surface area contributed by atoms with Crippen LogP contribution in [0, 0.1) is 0 Å². The molecule has 0 aromatic heterocycles. The van der Waals surface area contributed by atoms with Gasteiger partial charge in [-0.3, -0.25) is 4.79 Å². The van der Waals surface area contributed by atoms with Crippen LogP contribution in [0.4, 0.5) is 0 Å². The van der Waals surface area contributed by atoms with Crippen molar-refractivity contribution in [3.8, 4) is 0 Å². The second kappa shape index (κ2) is 5.91. The normalized spacial score (nSPS) is 12.2. The Morgan fingerprint density at radius 1 is 1.40 bits per heavy atom. The van der Waals surface area contributed by atoms with E-state index >= 15 is 0 Å². The average Bonchev–Trinajstić information content (AvgIpc) is 2.18. The Bertz CT molecular complexity index is 321. The Morgan fingerprint density at radius 2 is 2.00 bits per heavy atom. The van der Waals surface area contributed by atoms with Gasteiger partial charge in [0.25, 0.3) is 0 Å². The Balaban J connectivity index is 2.57. The molecule has 0 bridgehead atoms. The molecule has 1 atom stereocenters. The summed E-state index contributed by atoms with van der Waals surface area (Å²) in [5.41, 5.74) is 1.13. The van der Waals surface area contributed by atoms with Gasteiger partial charge in [0, 0.05) is 10.9 Å². The Labute approximate surface area is 99.2 Å². The molecule has 0 saturated heterocycles. The molecule has 0 radical (unpaired) electrons. The molecule has 0 heterocycles. The van der Waals surface area contributed by atoms with Gasteiger partial charge in [-0.1, -0.05) is 35.0 Å². The van der Waals surface area contributed by atoms with Gasteiger partial charge in [0.05, 0.1) is 6.04 Å². The first-order valence-corrected chi connectivity index (χ1v) is 5.97. The monoisotopic (exact) mass is 269 g/mol. The van der Waals surface area contributed by atoms with E-state index in [0.29, 0.717) is 6.42 Å². The summed E-state index contributed by atoms with van der Waals surface area (Å²) in [7, 11) is 0. The molecule has 0 aliphatic heterocycles. The molecular formula is C12H16BrNO. The zero-order chi connectivity index (χ0) is 11.3. The number of hydrogen-bond acceptors (Lipinski definition) is 1. The van der Waals surface area contributed by atoms with Gasteiger partial charge < -0.3 is 5.32 Å². The third-order valence-electron chi connectivity index (χ3n) is 2.22. The van der Waals surface area contributed by atoms with Gasteiger partial charge in [-0.25, -0.2) is 0 Å². The van der Waals surface area contributed by atoms with E-state index in [1.165, 1.54) is 0 Å². The van der Waals surface area contributed by atoms with Gasteiger partial charge in [0.2, 0.25) is 5.91 Å². The van der Waals surface area contributed by atoms with Crippen LogP contribution in [0.25, 0.3) is 0 Å². The molecule has 1 unspecified atom stereocenters. The summed E-state index contributed by atoms with van der Waals surface area (Å²) in [6, 6.07) is 8.08. The van der Waals surface area contributed by atoms with Gasteiger partial charge in [-0.05, 0) is 31.0 Å². The van der Waals surface area contributed by atoms with Crippen LogP contribution in [-0.4, -0.2) is 5.91 Å². The third kappa shape index (κ3) is 4.04. The fraction of sp³-hybridized carbons (Fsp3) is 0.417. The van der Waals surface area contributed by atoms with Gasteiger partial charge >= 0.3 is 0 Å². The number of hydrogen-bond donors (Lipinski definition) is 1. The molecule has 1 aromatic carbocycles. The molecule has 1 rings (SSSR count). The summed E-state index contributed by atoms with van der Waals surface area (Å²) < 4.78 is 1.05. The van der Waals surface area contributed by atoms with Crippen molar-refractivity contribution in [3.05, 3.63) is 34.3 Å². The summed E-state index contributed by atoms with van der Waals surface area (Å²) in [5, 5.41) is 2.96. The Morgan fingerprint density at radius 3 is 2.53 bits per heavy atom. The summed E-state index contributed by atoms with van der Waals surface area (Å²) in [5.74, 6) is 0.118. The quantitative estimate of drug-likeness (QED) is 0.892. The van der Waals surface area contributed by atoms with E-state index in [0.717, 1.165) is 16.5 Å². The van der Waals surface area contributed by atoms with Crippen LogP contribution in [0.3, 0.4) is 0 Å². The maximum atomic E-state index is 11.4. The van der Waals surface area contributed by atoms with E-state index in [-0.39, 0.29) is 11.9 Å². The average molecular weight is 270 g/mol. The van der Waals surface area contributed by atoms with Crippen LogP contribution in [0.15, 0.2) is 28.7 Å². The number of carbonyl (C=O) groups is 1. The van der Waals surface area contributed by atoms with Crippen LogP contribution in [0.2, 0.25) is 0 Å². The molecule has 15 heavy (non-hydrogen) atoms. The number of halogens is 1. The molecule has 0 spiro atoms. The highest BCUT2D eigenvalue weighted by molar-refractivity contribution is 9.10. The molecular weight excluding hydrogens is 254 g/mol. The minimum atomic E-state index is 0.0807. The molecule has 0 aliphatic rings. The van der Waals surface area contributed by atoms with Crippen molar-refractivity contribution in [2.45, 2.75) is 32.7 Å². The predicted molar refractivity (Wildman–Crippen MR) is 65.6 cm³/mol.